The molecule has 0 unspecified atom stereocenters. The van der Waals surface area contributed by atoms with E-state index in [0.29, 0.717) is 0 Å². The molecule has 2 saturated heterocycles. The second kappa shape index (κ2) is 7.11. The van der Waals surface area contributed by atoms with Gasteiger partial charge in [-0.25, -0.2) is 0 Å². The number of methoxy groups -OCH3 is 1. The zero-order chi connectivity index (χ0) is 15.4. The number of quaternary nitrogens is 1. The van der Waals surface area contributed by atoms with Crippen LogP contribution in [0.1, 0.15) is 18.4 Å². The van der Waals surface area contributed by atoms with E-state index in [1.807, 2.05) is 17.0 Å². The van der Waals surface area contributed by atoms with Crippen LogP contribution in [-0.2, 0) is 16.1 Å². The van der Waals surface area contributed by atoms with Crippen LogP contribution in [0.15, 0.2) is 24.3 Å². The number of ether oxygens (including phenoxy) is 2. The van der Waals surface area contributed by atoms with Crippen LogP contribution in [0.2, 0.25) is 0 Å². The largest absolute Gasteiger partial charge is 0.497 e. The molecule has 2 heterocycles. The van der Waals surface area contributed by atoms with Crippen LogP contribution < -0.4 is 9.64 Å². The van der Waals surface area contributed by atoms with Gasteiger partial charge in [0.2, 0.25) is 0 Å². The van der Waals surface area contributed by atoms with E-state index in [1.165, 1.54) is 10.5 Å². The summed E-state index contributed by atoms with van der Waals surface area (Å²) in [5.74, 6) is 1.10. The highest BCUT2D eigenvalue weighted by molar-refractivity contribution is 5.81. The van der Waals surface area contributed by atoms with Crippen molar-refractivity contribution in [1.82, 2.24) is 4.90 Å². The highest BCUT2D eigenvalue weighted by Gasteiger charge is 2.31. The summed E-state index contributed by atoms with van der Waals surface area (Å²) in [6.07, 6.45) is 1.72. The zero-order valence-corrected chi connectivity index (χ0v) is 13.2. The molecule has 0 bridgehead atoms. The quantitative estimate of drug-likeness (QED) is 0.858. The smallest absolute Gasteiger partial charge is 0.252 e. The number of benzene rings is 1. The number of carbonyl (C=O) groups is 1. The Kier molecular flexibility index (Phi) is 4.95. The Hall–Kier alpha value is -1.59. The number of hydrogen-bond donors (Lipinski definition) is 1. The fraction of sp³-hybridized carbons (Fsp3) is 0.588. The molecule has 1 amide bonds. The second-order valence-electron chi connectivity index (χ2n) is 6.11. The summed E-state index contributed by atoms with van der Waals surface area (Å²) in [6, 6.07) is 8.23. The zero-order valence-electron chi connectivity index (χ0n) is 13.2. The highest BCUT2D eigenvalue weighted by Crippen LogP contribution is 2.15. The molecule has 5 heteroatoms. The van der Waals surface area contributed by atoms with Gasteiger partial charge in [-0.3, -0.25) is 4.79 Å². The lowest BCUT2D eigenvalue weighted by molar-refractivity contribution is -0.917. The molecule has 1 aromatic rings. The van der Waals surface area contributed by atoms with Crippen molar-refractivity contribution >= 4 is 5.91 Å². The molecule has 1 N–H and O–H groups in total. The first-order valence-corrected chi connectivity index (χ1v) is 8.13. The monoisotopic (exact) mass is 305 g/mol. The fourth-order valence-corrected chi connectivity index (χ4v) is 3.27. The predicted octanol–water partition coefficient (Wildman–Crippen LogP) is 0.101. The molecule has 0 spiro atoms. The van der Waals surface area contributed by atoms with Gasteiger partial charge in [0.05, 0.1) is 33.3 Å². The molecule has 1 aromatic carbocycles. The fourth-order valence-electron chi connectivity index (χ4n) is 3.27. The molecular weight excluding hydrogens is 280 g/mol. The standard InChI is InChI=1S/C17H24N2O3/c1-21-15-5-2-4-14(12-15)13-18-7-9-19(10-8-18)17(20)16-6-3-11-22-16/h2,4-5,12,16H,3,6-11,13H2,1H3/p+1/t16-/m0/s1. The maximum Gasteiger partial charge on any atom is 0.252 e. The van der Waals surface area contributed by atoms with Gasteiger partial charge in [-0.15, -0.1) is 0 Å². The molecule has 120 valence electrons. The van der Waals surface area contributed by atoms with Crippen LogP contribution in [0.3, 0.4) is 0 Å². The van der Waals surface area contributed by atoms with Crippen molar-refractivity contribution in [3.63, 3.8) is 0 Å². The van der Waals surface area contributed by atoms with Crippen LogP contribution in [0.25, 0.3) is 0 Å². The number of piperazine rings is 1. The van der Waals surface area contributed by atoms with Gasteiger partial charge in [-0.05, 0) is 25.0 Å². The van der Waals surface area contributed by atoms with Crippen molar-refractivity contribution in [3.05, 3.63) is 29.8 Å². The first-order valence-electron chi connectivity index (χ1n) is 8.13. The van der Waals surface area contributed by atoms with Gasteiger partial charge < -0.3 is 19.3 Å². The Morgan fingerprint density at radius 3 is 2.91 bits per heavy atom. The molecule has 22 heavy (non-hydrogen) atoms. The minimum Gasteiger partial charge on any atom is -0.497 e. The van der Waals surface area contributed by atoms with Gasteiger partial charge in [-0.2, -0.15) is 0 Å². The third-order valence-electron chi connectivity index (χ3n) is 4.58. The highest BCUT2D eigenvalue weighted by atomic mass is 16.5. The summed E-state index contributed by atoms with van der Waals surface area (Å²) in [5.41, 5.74) is 1.29. The number of carbonyl (C=O) groups excluding carboxylic acids is 1. The van der Waals surface area contributed by atoms with Gasteiger partial charge in [0.15, 0.2) is 0 Å². The maximum atomic E-state index is 12.3. The summed E-state index contributed by atoms with van der Waals surface area (Å²) >= 11 is 0. The van der Waals surface area contributed by atoms with E-state index in [-0.39, 0.29) is 12.0 Å². The lowest BCUT2D eigenvalue weighted by Gasteiger charge is -2.33. The summed E-state index contributed by atoms with van der Waals surface area (Å²) in [6.45, 7) is 5.37. The Morgan fingerprint density at radius 2 is 2.23 bits per heavy atom. The second-order valence-corrected chi connectivity index (χ2v) is 6.11. The number of amides is 1. The van der Waals surface area contributed by atoms with E-state index in [4.69, 9.17) is 9.47 Å². The first-order chi connectivity index (χ1) is 10.8. The summed E-state index contributed by atoms with van der Waals surface area (Å²) < 4.78 is 10.8. The number of nitrogens with one attached hydrogen (secondary N) is 1. The Bertz CT molecular complexity index is 506. The van der Waals surface area contributed by atoms with Crippen molar-refractivity contribution in [2.75, 3.05) is 39.9 Å². The van der Waals surface area contributed by atoms with Crippen molar-refractivity contribution < 1.29 is 19.2 Å². The third-order valence-corrected chi connectivity index (χ3v) is 4.58. The van der Waals surface area contributed by atoms with Crippen molar-refractivity contribution in [2.45, 2.75) is 25.5 Å². The van der Waals surface area contributed by atoms with Crippen molar-refractivity contribution in [2.24, 2.45) is 0 Å². The van der Waals surface area contributed by atoms with E-state index >= 15 is 0 Å². The van der Waals surface area contributed by atoms with Crippen LogP contribution >= 0.6 is 0 Å². The molecular formula is C17H25N2O3+. The molecule has 0 radical (unpaired) electrons. The van der Waals surface area contributed by atoms with Crippen LogP contribution in [-0.4, -0.2) is 56.8 Å². The number of nitrogens with zero attached hydrogens (tertiary/aromatic N) is 1. The number of rotatable bonds is 4. The molecule has 2 aliphatic rings. The number of hydrogen-bond acceptors (Lipinski definition) is 3. The topological polar surface area (TPSA) is 43.2 Å². The van der Waals surface area contributed by atoms with Gasteiger partial charge in [0.25, 0.3) is 5.91 Å². The van der Waals surface area contributed by atoms with Crippen molar-refractivity contribution in [1.29, 1.82) is 0 Å². The Balaban J connectivity index is 1.49. The molecule has 5 nitrogen and oxygen atoms in total. The maximum absolute atomic E-state index is 12.3. The molecule has 0 saturated carbocycles. The lowest BCUT2D eigenvalue weighted by Crippen LogP contribution is -3.13. The SMILES string of the molecule is COc1cccc(C[NH+]2CCN(C(=O)[C@@H]3CCCO3)CC2)c1. The van der Waals surface area contributed by atoms with Crippen LogP contribution in [0.5, 0.6) is 5.75 Å². The average molecular weight is 305 g/mol. The predicted molar refractivity (Wildman–Crippen MR) is 82.9 cm³/mol. The summed E-state index contributed by atoms with van der Waals surface area (Å²) in [7, 11) is 1.70. The van der Waals surface area contributed by atoms with E-state index in [0.717, 1.165) is 57.9 Å². The van der Waals surface area contributed by atoms with E-state index in [1.54, 1.807) is 7.11 Å². The normalized spacial score (nSPS) is 22.8. The van der Waals surface area contributed by atoms with Gasteiger partial charge >= 0.3 is 0 Å². The first kappa shape index (κ1) is 15.3. The minimum atomic E-state index is -0.181. The molecule has 2 aliphatic heterocycles. The van der Waals surface area contributed by atoms with Gasteiger partial charge in [-0.1, -0.05) is 12.1 Å². The Morgan fingerprint density at radius 1 is 1.41 bits per heavy atom. The molecule has 1 atom stereocenters. The van der Waals surface area contributed by atoms with Crippen molar-refractivity contribution in [3.8, 4) is 5.75 Å². The van der Waals surface area contributed by atoms with Gasteiger partial charge in [0.1, 0.15) is 18.4 Å². The Labute approximate surface area is 131 Å². The van der Waals surface area contributed by atoms with Gasteiger partial charge in [0, 0.05) is 12.2 Å². The summed E-state index contributed by atoms with van der Waals surface area (Å²) in [4.78, 5) is 15.8. The molecule has 0 aliphatic carbocycles. The van der Waals surface area contributed by atoms with E-state index in [9.17, 15) is 4.79 Å². The summed E-state index contributed by atoms with van der Waals surface area (Å²) in [5, 5.41) is 0. The van der Waals surface area contributed by atoms with Crippen LogP contribution in [0.4, 0.5) is 0 Å². The molecule has 2 fully saturated rings. The van der Waals surface area contributed by atoms with Crippen LogP contribution in [0, 0.1) is 0 Å². The minimum absolute atomic E-state index is 0.181. The van der Waals surface area contributed by atoms with E-state index in [2.05, 4.69) is 12.1 Å². The molecule has 3 rings (SSSR count). The van der Waals surface area contributed by atoms with E-state index < -0.39 is 0 Å². The lowest BCUT2D eigenvalue weighted by atomic mass is 10.1. The average Bonchev–Trinajstić information content (AvgIpc) is 3.09. The third kappa shape index (κ3) is 3.59. The molecule has 0 aromatic heterocycles.